The summed E-state index contributed by atoms with van der Waals surface area (Å²) in [7, 11) is 1.67. The Kier molecular flexibility index (Phi) is 7.05. The first-order valence-electron chi connectivity index (χ1n) is 7.22. The van der Waals surface area contributed by atoms with Crippen molar-refractivity contribution in [2.45, 2.75) is 50.1 Å². The Balaban J connectivity index is 2.45. The average Bonchev–Trinajstić information content (AvgIpc) is 2.43. The Labute approximate surface area is 131 Å². The maximum atomic E-state index is 11.6. The summed E-state index contributed by atoms with van der Waals surface area (Å²) in [4.78, 5) is 12.8. The normalized spacial score (nSPS) is 14.0. The summed E-state index contributed by atoms with van der Waals surface area (Å²) in [6.07, 6.45) is 1.65. The minimum Gasteiger partial charge on any atom is -0.497 e. The summed E-state index contributed by atoms with van der Waals surface area (Å²) in [5, 5.41) is 3.27. The first-order chi connectivity index (χ1) is 9.87. The van der Waals surface area contributed by atoms with Crippen LogP contribution < -0.4 is 15.8 Å². The molecule has 0 aliphatic heterocycles. The molecule has 1 aromatic carbocycles. The van der Waals surface area contributed by atoms with Gasteiger partial charge in [0, 0.05) is 10.9 Å². The number of nitrogens with one attached hydrogen (secondary N) is 1. The van der Waals surface area contributed by atoms with E-state index in [2.05, 4.69) is 11.4 Å². The lowest BCUT2D eigenvalue weighted by molar-refractivity contribution is -0.124. The van der Waals surface area contributed by atoms with Gasteiger partial charge in [-0.1, -0.05) is 6.07 Å². The molecule has 0 bridgehead atoms. The Bertz CT molecular complexity index is 465. The third-order valence-electron chi connectivity index (χ3n) is 3.28. The molecule has 4 nitrogen and oxygen atoms in total. The second-order valence-electron chi connectivity index (χ2n) is 5.63. The van der Waals surface area contributed by atoms with E-state index in [1.54, 1.807) is 18.9 Å². The van der Waals surface area contributed by atoms with E-state index in [0.29, 0.717) is 0 Å². The molecule has 5 heteroatoms. The molecule has 1 unspecified atom stereocenters. The van der Waals surface area contributed by atoms with Crippen molar-refractivity contribution < 1.29 is 9.53 Å². The van der Waals surface area contributed by atoms with Crippen LogP contribution in [0.25, 0.3) is 0 Å². The first kappa shape index (κ1) is 17.9. The third kappa shape index (κ3) is 5.98. The van der Waals surface area contributed by atoms with Crippen LogP contribution in [0.5, 0.6) is 5.75 Å². The fraction of sp³-hybridized carbons (Fsp3) is 0.562. The molecule has 1 amide bonds. The maximum Gasteiger partial charge on any atom is 0.237 e. The number of amides is 1. The van der Waals surface area contributed by atoms with Crippen LogP contribution in [-0.4, -0.2) is 30.4 Å². The molecule has 0 heterocycles. The molecule has 3 N–H and O–H groups in total. The number of rotatable bonds is 9. The van der Waals surface area contributed by atoms with E-state index in [-0.39, 0.29) is 11.9 Å². The smallest absolute Gasteiger partial charge is 0.237 e. The maximum absolute atomic E-state index is 11.6. The van der Waals surface area contributed by atoms with Crippen LogP contribution in [0, 0.1) is 0 Å². The van der Waals surface area contributed by atoms with Gasteiger partial charge in [0.05, 0.1) is 12.6 Å². The number of nitrogens with two attached hydrogens (primary N) is 1. The van der Waals surface area contributed by atoms with Gasteiger partial charge >= 0.3 is 0 Å². The molecule has 0 aliphatic carbocycles. The van der Waals surface area contributed by atoms with Gasteiger partial charge in [0.1, 0.15) is 5.75 Å². The second kappa shape index (κ2) is 8.29. The van der Waals surface area contributed by atoms with Crippen LogP contribution in [0.3, 0.4) is 0 Å². The molecular formula is C16H26N2O2S. The molecule has 1 atom stereocenters. The highest BCUT2D eigenvalue weighted by Gasteiger charge is 2.30. The fourth-order valence-electron chi connectivity index (χ4n) is 2.21. The number of hydrogen-bond acceptors (Lipinski definition) is 4. The molecule has 0 aliphatic rings. The number of ether oxygens (including phenoxy) is 1. The van der Waals surface area contributed by atoms with Crippen molar-refractivity contribution in [1.82, 2.24) is 5.32 Å². The largest absolute Gasteiger partial charge is 0.497 e. The molecule has 0 aromatic heterocycles. The molecule has 0 saturated carbocycles. The van der Waals surface area contributed by atoms with Crippen LogP contribution in [0.1, 0.15) is 33.6 Å². The molecular weight excluding hydrogens is 284 g/mol. The van der Waals surface area contributed by atoms with Gasteiger partial charge in [-0.05, 0) is 57.6 Å². The monoisotopic (exact) mass is 310 g/mol. The Morgan fingerprint density at radius 2 is 2.19 bits per heavy atom. The van der Waals surface area contributed by atoms with Gasteiger partial charge in [-0.3, -0.25) is 4.79 Å². The van der Waals surface area contributed by atoms with Crippen molar-refractivity contribution in [2.75, 3.05) is 12.9 Å². The molecule has 118 valence electrons. The van der Waals surface area contributed by atoms with Gasteiger partial charge in [-0.2, -0.15) is 0 Å². The predicted octanol–water partition coefficient (Wildman–Crippen LogP) is 2.81. The van der Waals surface area contributed by atoms with Gasteiger partial charge in [0.25, 0.3) is 0 Å². The number of primary amides is 1. The SMILES string of the molecule is COc1cccc(SCCCC(C)(NC(C)C)C(N)=O)c1. The Hall–Kier alpha value is -1.20. The zero-order valence-corrected chi connectivity index (χ0v) is 14.1. The number of hydrogen-bond donors (Lipinski definition) is 2. The van der Waals surface area contributed by atoms with Gasteiger partial charge in [0.15, 0.2) is 0 Å². The van der Waals surface area contributed by atoms with Crippen LogP contribution in [-0.2, 0) is 4.79 Å². The van der Waals surface area contributed by atoms with E-state index < -0.39 is 5.54 Å². The zero-order chi connectivity index (χ0) is 15.9. The lowest BCUT2D eigenvalue weighted by Crippen LogP contribution is -2.55. The highest BCUT2D eigenvalue weighted by molar-refractivity contribution is 7.99. The topological polar surface area (TPSA) is 64.3 Å². The number of carbonyl (C=O) groups excluding carboxylic acids is 1. The predicted molar refractivity (Wildman–Crippen MR) is 88.8 cm³/mol. The molecule has 0 fully saturated rings. The Morgan fingerprint density at radius 3 is 2.76 bits per heavy atom. The zero-order valence-electron chi connectivity index (χ0n) is 13.3. The number of carbonyl (C=O) groups is 1. The van der Waals surface area contributed by atoms with Gasteiger partial charge in [0.2, 0.25) is 5.91 Å². The summed E-state index contributed by atoms with van der Waals surface area (Å²) >= 11 is 1.76. The summed E-state index contributed by atoms with van der Waals surface area (Å²) in [5.41, 5.74) is 4.89. The van der Waals surface area contributed by atoms with Gasteiger partial charge in [-0.25, -0.2) is 0 Å². The van der Waals surface area contributed by atoms with E-state index in [1.165, 1.54) is 4.90 Å². The summed E-state index contributed by atoms with van der Waals surface area (Å²) in [6.45, 7) is 5.92. The van der Waals surface area contributed by atoms with Crippen molar-refractivity contribution in [3.05, 3.63) is 24.3 Å². The lowest BCUT2D eigenvalue weighted by atomic mass is 9.94. The van der Waals surface area contributed by atoms with Crippen LogP contribution >= 0.6 is 11.8 Å². The van der Waals surface area contributed by atoms with Crippen molar-refractivity contribution in [3.63, 3.8) is 0 Å². The number of methoxy groups -OCH3 is 1. The molecule has 21 heavy (non-hydrogen) atoms. The summed E-state index contributed by atoms with van der Waals surface area (Å²) in [5.74, 6) is 1.52. The summed E-state index contributed by atoms with van der Waals surface area (Å²) in [6, 6.07) is 8.22. The molecule has 0 spiro atoms. The van der Waals surface area contributed by atoms with Crippen LogP contribution in [0.2, 0.25) is 0 Å². The van der Waals surface area contributed by atoms with Crippen molar-refractivity contribution in [3.8, 4) is 5.75 Å². The van der Waals surface area contributed by atoms with Crippen LogP contribution in [0.4, 0.5) is 0 Å². The van der Waals surface area contributed by atoms with Crippen molar-refractivity contribution >= 4 is 17.7 Å². The van der Waals surface area contributed by atoms with E-state index in [4.69, 9.17) is 10.5 Å². The summed E-state index contributed by atoms with van der Waals surface area (Å²) < 4.78 is 5.21. The van der Waals surface area contributed by atoms with Crippen molar-refractivity contribution in [1.29, 1.82) is 0 Å². The highest BCUT2D eigenvalue weighted by atomic mass is 32.2. The molecule has 1 aromatic rings. The van der Waals surface area contributed by atoms with Gasteiger partial charge < -0.3 is 15.8 Å². The minimum absolute atomic E-state index is 0.230. The highest BCUT2D eigenvalue weighted by Crippen LogP contribution is 2.25. The van der Waals surface area contributed by atoms with Gasteiger partial charge in [-0.15, -0.1) is 11.8 Å². The number of benzene rings is 1. The van der Waals surface area contributed by atoms with E-state index in [1.807, 2.05) is 39.0 Å². The number of thioether (sulfide) groups is 1. The standard InChI is InChI=1S/C16H26N2O2S/c1-12(2)18-16(3,15(17)19)9-6-10-21-14-8-5-7-13(11-14)20-4/h5,7-8,11-12,18H,6,9-10H2,1-4H3,(H2,17,19). The molecule has 0 saturated heterocycles. The van der Waals surface area contributed by atoms with Crippen LogP contribution in [0.15, 0.2) is 29.2 Å². The quantitative estimate of drug-likeness (QED) is 0.544. The van der Waals surface area contributed by atoms with Crippen molar-refractivity contribution in [2.24, 2.45) is 5.73 Å². The third-order valence-corrected chi connectivity index (χ3v) is 4.36. The van der Waals surface area contributed by atoms with E-state index in [0.717, 1.165) is 24.3 Å². The average molecular weight is 310 g/mol. The minimum atomic E-state index is -0.636. The van der Waals surface area contributed by atoms with E-state index >= 15 is 0 Å². The molecule has 1 rings (SSSR count). The molecule has 0 radical (unpaired) electrons. The Morgan fingerprint density at radius 1 is 1.48 bits per heavy atom. The second-order valence-corrected chi connectivity index (χ2v) is 6.79. The van der Waals surface area contributed by atoms with E-state index in [9.17, 15) is 4.79 Å². The fourth-order valence-corrected chi connectivity index (χ4v) is 3.11. The first-order valence-corrected chi connectivity index (χ1v) is 8.20. The lowest BCUT2D eigenvalue weighted by Gasteiger charge is -2.29.